The maximum Gasteiger partial charge on any atom is 0.230 e. The van der Waals surface area contributed by atoms with Crippen molar-refractivity contribution < 1.29 is 0 Å². The second-order valence-electron chi connectivity index (χ2n) is 9.78. The van der Waals surface area contributed by atoms with E-state index in [2.05, 4.69) is 60.6 Å². The molecule has 1 saturated heterocycles. The van der Waals surface area contributed by atoms with Crippen LogP contribution in [0.4, 0.5) is 17.5 Å². The molecular weight excluding hydrogens is 424 g/mol. The number of piperazine rings is 1. The molecule has 8 heteroatoms. The van der Waals surface area contributed by atoms with Crippen molar-refractivity contribution in [3.8, 4) is 0 Å². The van der Waals surface area contributed by atoms with Crippen LogP contribution in [0.25, 0.3) is 21.9 Å². The van der Waals surface area contributed by atoms with Crippen LogP contribution >= 0.6 is 0 Å². The lowest BCUT2D eigenvalue weighted by molar-refractivity contribution is 0.209. The summed E-state index contributed by atoms with van der Waals surface area (Å²) in [6.45, 7) is 8.79. The second kappa shape index (κ2) is 8.83. The summed E-state index contributed by atoms with van der Waals surface area (Å²) < 4.78 is 2.38. The molecule has 4 aromatic heterocycles. The topological polar surface area (TPSA) is 75.0 Å². The van der Waals surface area contributed by atoms with Crippen molar-refractivity contribution >= 4 is 39.4 Å². The minimum absolute atomic E-state index is 0.473. The number of anilines is 3. The van der Waals surface area contributed by atoms with E-state index in [9.17, 15) is 0 Å². The standard InChI is InChI=1S/C26H32N8/c1-18(2)32-11-13-33(14-12-32)20-7-8-24(28-15-20)30-26-29-16-22-21-9-10-27-17-23(21)34(25(22)31-26)19-5-3-4-6-19/h7-10,15-19H,3-6,11-14H2,1-2H3,(H,28,29,30,31). The first-order valence-electron chi connectivity index (χ1n) is 12.5. The number of hydrogen-bond donors (Lipinski definition) is 1. The highest BCUT2D eigenvalue weighted by atomic mass is 15.3. The van der Waals surface area contributed by atoms with Crippen molar-refractivity contribution in [2.45, 2.75) is 51.6 Å². The summed E-state index contributed by atoms with van der Waals surface area (Å²) in [5.41, 5.74) is 3.29. The van der Waals surface area contributed by atoms with Crippen LogP contribution in [0, 0.1) is 0 Å². The van der Waals surface area contributed by atoms with E-state index in [1.165, 1.54) is 36.8 Å². The average Bonchev–Trinajstić information content (AvgIpc) is 3.50. The molecule has 1 aliphatic heterocycles. The molecule has 2 aliphatic rings. The molecule has 176 valence electrons. The minimum Gasteiger partial charge on any atom is -0.368 e. The summed E-state index contributed by atoms with van der Waals surface area (Å²) in [4.78, 5) is 23.5. The fourth-order valence-electron chi connectivity index (χ4n) is 5.52. The minimum atomic E-state index is 0.473. The fourth-order valence-corrected chi connectivity index (χ4v) is 5.52. The molecular formula is C26H32N8. The van der Waals surface area contributed by atoms with Gasteiger partial charge in [-0.3, -0.25) is 9.88 Å². The summed E-state index contributed by atoms with van der Waals surface area (Å²) in [5, 5.41) is 5.57. The summed E-state index contributed by atoms with van der Waals surface area (Å²) in [5.74, 6) is 1.34. The van der Waals surface area contributed by atoms with Gasteiger partial charge in [-0.15, -0.1) is 0 Å². The first-order chi connectivity index (χ1) is 16.7. The zero-order valence-corrected chi connectivity index (χ0v) is 20.0. The van der Waals surface area contributed by atoms with Crippen LogP contribution in [0.5, 0.6) is 0 Å². The Hall–Kier alpha value is -3.26. The quantitative estimate of drug-likeness (QED) is 0.464. The van der Waals surface area contributed by atoms with Crippen molar-refractivity contribution in [3.63, 3.8) is 0 Å². The third kappa shape index (κ3) is 3.86. The molecule has 8 nitrogen and oxygen atoms in total. The monoisotopic (exact) mass is 456 g/mol. The Labute approximate surface area is 200 Å². The molecule has 0 spiro atoms. The van der Waals surface area contributed by atoms with Crippen molar-refractivity contribution in [3.05, 3.63) is 43.0 Å². The van der Waals surface area contributed by atoms with Crippen molar-refractivity contribution in [1.82, 2.24) is 29.4 Å². The number of nitrogens with zero attached hydrogens (tertiary/aromatic N) is 7. The molecule has 0 aromatic carbocycles. The summed E-state index contributed by atoms with van der Waals surface area (Å²) in [7, 11) is 0. The second-order valence-corrected chi connectivity index (χ2v) is 9.78. The number of rotatable bonds is 5. The molecule has 1 aliphatic carbocycles. The zero-order chi connectivity index (χ0) is 23.1. The van der Waals surface area contributed by atoms with E-state index in [0.717, 1.165) is 48.5 Å². The predicted molar refractivity (Wildman–Crippen MR) is 137 cm³/mol. The molecule has 4 aromatic rings. The van der Waals surface area contributed by atoms with Crippen molar-refractivity contribution in [2.75, 3.05) is 36.4 Å². The largest absolute Gasteiger partial charge is 0.368 e. The van der Waals surface area contributed by atoms with E-state index in [4.69, 9.17) is 4.98 Å². The van der Waals surface area contributed by atoms with Gasteiger partial charge in [0.05, 0.1) is 23.6 Å². The number of nitrogens with one attached hydrogen (secondary N) is 1. The highest BCUT2D eigenvalue weighted by molar-refractivity contribution is 6.06. The van der Waals surface area contributed by atoms with Crippen LogP contribution in [0.3, 0.4) is 0 Å². The summed E-state index contributed by atoms with van der Waals surface area (Å²) in [6.07, 6.45) is 12.6. The molecule has 0 amide bonds. The lowest BCUT2D eigenvalue weighted by Crippen LogP contribution is -2.48. The van der Waals surface area contributed by atoms with Crippen LogP contribution in [0.15, 0.2) is 43.0 Å². The number of pyridine rings is 2. The Kier molecular flexibility index (Phi) is 5.53. The van der Waals surface area contributed by atoms with Gasteiger partial charge < -0.3 is 14.8 Å². The Balaban J connectivity index is 1.25. The molecule has 0 unspecified atom stereocenters. The number of hydrogen-bond acceptors (Lipinski definition) is 7. The molecule has 1 saturated carbocycles. The van der Waals surface area contributed by atoms with Crippen LogP contribution in [-0.4, -0.2) is 61.6 Å². The highest BCUT2D eigenvalue weighted by Gasteiger charge is 2.23. The van der Waals surface area contributed by atoms with Gasteiger partial charge in [0.2, 0.25) is 5.95 Å². The Morgan fingerprint density at radius 3 is 2.47 bits per heavy atom. The van der Waals surface area contributed by atoms with Crippen molar-refractivity contribution in [1.29, 1.82) is 0 Å². The molecule has 34 heavy (non-hydrogen) atoms. The smallest absolute Gasteiger partial charge is 0.230 e. The summed E-state index contributed by atoms with van der Waals surface area (Å²) in [6, 6.07) is 7.31. The normalized spacial score (nSPS) is 17.9. The van der Waals surface area contributed by atoms with E-state index in [1.54, 1.807) is 0 Å². The van der Waals surface area contributed by atoms with E-state index < -0.39 is 0 Å². The first-order valence-corrected chi connectivity index (χ1v) is 12.5. The fraction of sp³-hybridized carbons (Fsp3) is 0.462. The Bertz CT molecular complexity index is 1280. The summed E-state index contributed by atoms with van der Waals surface area (Å²) >= 11 is 0. The van der Waals surface area contributed by atoms with E-state index in [1.807, 2.05) is 30.9 Å². The molecule has 2 fully saturated rings. The highest BCUT2D eigenvalue weighted by Crippen LogP contribution is 2.37. The molecule has 1 N–H and O–H groups in total. The SMILES string of the molecule is CC(C)N1CCN(c2ccc(Nc3ncc4c5ccncc5n(C5CCCC5)c4n3)nc2)CC1. The lowest BCUT2D eigenvalue weighted by Gasteiger charge is -2.38. The Morgan fingerprint density at radius 1 is 0.912 bits per heavy atom. The maximum absolute atomic E-state index is 4.95. The number of aromatic nitrogens is 5. The van der Waals surface area contributed by atoms with Gasteiger partial charge in [0, 0.05) is 61.4 Å². The van der Waals surface area contributed by atoms with Gasteiger partial charge in [-0.1, -0.05) is 12.8 Å². The first kappa shape index (κ1) is 21.3. The van der Waals surface area contributed by atoms with Gasteiger partial charge in [-0.25, -0.2) is 9.97 Å². The van der Waals surface area contributed by atoms with Gasteiger partial charge in [-0.05, 0) is 44.9 Å². The number of fused-ring (bicyclic) bond motifs is 3. The molecule has 0 radical (unpaired) electrons. The lowest BCUT2D eigenvalue weighted by atomic mass is 10.2. The van der Waals surface area contributed by atoms with Crippen LogP contribution < -0.4 is 10.2 Å². The van der Waals surface area contributed by atoms with Crippen LogP contribution in [0.1, 0.15) is 45.6 Å². The van der Waals surface area contributed by atoms with Gasteiger partial charge in [0.25, 0.3) is 0 Å². The Morgan fingerprint density at radius 2 is 1.74 bits per heavy atom. The third-order valence-electron chi connectivity index (χ3n) is 7.43. The van der Waals surface area contributed by atoms with Gasteiger partial charge in [0.1, 0.15) is 11.5 Å². The predicted octanol–water partition coefficient (Wildman–Crippen LogP) is 4.76. The van der Waals surface area contributed by atoms with Gasteiger partial charge >= 0.3 is 0 Å². The van der Waals surface area contributed by atoms with E-state index in [0.29, 0.717) is 18.0 Å². The van der Waals surface area contributed by atoms with Gasteiger partial charge in [-0.2, -0.15) is 4.98 Å². The van der Waals surface area contributed by atoms with E-state index in [-0.39, 0.29) is 0 Å². The third-order valence-corrected chi connectivity index (χ3v) is 7.43. The van der Waals surface area contributed by atoms with Crippen molar-refractivity contribution in [2.24, 2.45) is 0 Å². The molecule has 0 bridgehead atoms. The zero-order valence-electron chi connectivity index (χ0n) is 20.0. The van der Waals surface area contributed by atoms with E-state index >= 15 is 0 Å². The van der Waals surface area contributed by atoms with Gasteiger partial charge in [0.15, 0.2) is 0 Å². The molecule has 5 heterocycles. The average molecular weight is 457 g/mol. The van der Waals surface area contributed by atoms with Crippen LogP contribution in [-0.2, 0) is 0 Å². The molecule has 6 rings (SSSR count). The van der Waals surface area contributed by atoms with Crippen LogP contribution in [0.2, 0.25) is 0 Å². The maximum atomic E-state index is 4.95. The molecule has 0 atom stereocenters.